The van der Waals surface area contributed by atoms with Crippen molar-refractivity contribution in [1.29, 1.82) is 0 Å². The van der Waals surface area contributed by atoms with Crippen LogP contribution in [0.1, 0.15) is 22.3 Å². The number of nitrogens with two attached hydrogens (primary N) is 1. The van der Waals surface area contributed by atoms with E-state index in [0.717, 1.165) is 22.5 Å². The molecule has 4 nitrogen and oxygen atoms in total. The van der Waals surface area contributed by atoms with Crippen molar-refractivity contribution in [2.24, 2.45) is 0 Å². The average molecular weight is 292 g/mol. The standard InChI is InChI=1S/C18H20N4/c1-11-5-6-13(3)16(9-11)22-18(19)17(20-21-22)15-8-7-12(2)14(4)10-15/h5-10H,19H2,1-4H3. The maximum absolute atomic E-state index is 6.31. The number of anilines is 1. The zero-order valence-electron chi connectivity index (χ0n) is 13.4. The Kier molecular flexibility index (Phi) is 3.45. The van der Waals surface area contributed by atoms with Gasteiger partial charge in [-0.05, 0) is 62.1 Å². The Balaban J connectivity index is 2.12. The zero-order chi connectivity index (χ0) is 15.9. The summed E-state index contributed by atoms with van der Waals surface area (Å²) < 4.78 is 1.72. The molecule has 0 aliphatic rings. The molecule has 0 saturated heterocycles. The van der Waals surface area contributed by atoms with Crippen molar-refractivity contribution in [3.8, 4) is 16.9 Å². The maximum Gasteiger partial charge on any atom is 0.155 e. The van der Waals surface area contributed by atoms with Crippen LogP contribution >= 0.6 is 0 Å². The minimum atomic E-state index is 0.567. The number of nitrogens with zero attached hydrogens (tertiary/aromatic N) is 3. The highest BCUT2D eigenvalue weighted by molar-refractivity contribution is 5.72. The monoisotopic (exact) mass is 292 g/mol. The van der Waals surface area contributed by atoms with E-state index < -0.39 is 0 Å². The first-order chi connectivity index (χ1) is 10.5. The average Bonchev–Trinajstić information content (AvgIpc) is 2.86. The van der Waals surface area contributed by atoms with E-state index in [-0.39, 0.29) is 0 Å². The van der Waals surface area contributed by atoms with Gasteiger partial charge in [-0.1, -0.05) is 29.5 Å². The van der Waals surface area contributed by atoms with Gasteiger partial charge in [0, 0.05) is 5.56 Å². The van der Waals surface area contributed by atoms with Crippen LogP contribution in [0.5, 0.6) is 0 Å². The Bertz CT molecular complexity index is 846. The molecule has 0 aliphatic heterocycles. The van der Waals surface area contributed by atoms with Crippen molar-refractivity contribution < 1.29 is 0 Å². The van der Waals surface area contributed by atoms with Crippen molar-refractivity contribution in [3.05, 3.63) is 58.7 Å². The van der Waals surface area contributed by atoms with Crippen LogP contribution in [0, 0.1) is 27.7 Å². The first kappa shape index (κ1) is 14.3. The lowest BCUT2D eigenvalue weighted by atomic mass is 10.0. The molecular weight excluding hydrogens is 272 g/mol. The fourth-order valence-electron chi connectivity index (χ4n) is 2.51. The van der Waals surface area contributed by atoms with Crippen molar-refractivity contribution >= 4 is 5.82 Å². The second-order valence-electron chi connectivity index (χ2n) is 5.82. The fraction of sp³-hybridized carbons (Fsp3) is 0.222. The molecule has 22 heavy (non-hydrogen) atoms. The molecule has 0 fully saturated rings. The van der Waals surface area contributed by atoms with Gasteiger partial charge in [0.25, 0.3) is 0 Å². The normalized spacial score (nSPS) is 10.9. The van der Waals surface area contributed by atoms with E-state index in [1.54, 1.807) is 4.68 Å². The van der Waals surface area contributed by atoms with Gasteiger partial charge in [0.05, 0.1) is 5.69 Å². The number of rotatable bonds is 2. The van der Waals surface area contributed by atoms with Gasteiger partial charge < -0.3 is 5.73 Å². The predicted octanol–water partition coefficient (Wildman–Crippen LogP) is 3.75. The highest BCUT2D eigenvalue weighted by atomic mass is 15.5. The molecular formula is C18H20N4. The van der Waals surface area contributed by atoms with Gasteiger partial charge in [-0.3, -0.25) is 0 Å². The number of nitrogen functional groups attached to an aromatic ring is 1. The predicted molar refractivity (Wildman–Crippen MR) is 90.2 cm³/mol. The van der Waals surface area contributed by atoms with E-state index in [1.807, 2.05) is 13.0 Å². The third-order valence-corrected chi connectivity index (χ3v) is 4.08. The first-order valence-corrected chi connectivity index (χ1v) is 7.34. The highest BCUT2D eigenvalue weighted by Crippen LogP contribution is 2.28. The molecule has 3 rings (SSSR count). The molecule has 2 aromatic carbocycles. The molecule has 0 aliphatic carbocycles. The Labute approximate surface area is 130 Å². The van der Waals surface area contributed by atoms with Crippen LogP contribution in [0.15, 0.2) is 36.4 Å². The number of aryl methyl sites for hydroxylation is 4. The summed E-state index contributed by atoms with van der Waals surface area (Å²) in [5.74, 6) is 0.567. The minimum absolute atomic E-state index is 0.567. The molecule has 0 radical (unpaired) electrons. The summed E-state index contributed by atoms with van der Waals surface area (Å²) in [6.07, 6.45) is 0. The molecule has 0 bridgehead atoms. The maximum atomic E-state index is 6.31. The van der Waals surface area contributed by atoms with Crippen molar-refractivity contribution in [2.75, 3.05) is 5.73 Å². The lowest BCUT2D eigenvalue weighted by molar-refractivity contribution is 0.805. The third kappa shape index (κ3) is 2.37. The van der Waals surface area contributed by atoms with Crippen molar-refractivity contribution in [1.82, 2.24) is 15.0 Å². The number of benzene rings is 2. The van der Waals surface area contributed by atoms with Crippen LogP contribution < -0.4 is 5.73 Å². The number of hydrogen-bond donors (Lipinski definition) is 1. The van der Waals surface area contributed by atoms with E-state index in [2.05, 4.69) is 61.4 Å². The summed E-state index contributed by atoms with van der Waals surface area (Å²) in [5, 5.41) is 8.55. The summed E-state index contributed by atoms with van der Waals surface area (Å²) in [6.45, 7) is 8.28. The Morgan fingerprint density at radius 2 is 1.59 bits per heavy atom. The first-order valence-electron chi connectivity index (χ1n) is 7.34. The fourth-order valence-corrected chi connectivity index (χ4v) is 2.51. The Morgan fingerprint density at radius 3 is 2.32 bits per heavy atom. The zero-order valence-corrected chi connectivity index (χ0v) is 13.4. The van der Waals surface area contributed by atoms with Crippen LogP contribution in [0.3, 0.4) is 0 Å². The van der Waals surface area contributed by atoms with E-state index in [9.17, 15) is 0 Å². The Morgan fingerprint density at radius 1 is 0.864 bits per heavy atom. The number of aromatic nitrogens is 3. The molecule has 2 N–H and O–H groups in total. The summed E-state index contributed by atoms with van der Waals surface area (Å²) in [4.78, 5) is 0. The topological polar surface area (TPSA) is 56.7 Å². The lowest BCUT2D eigenvalue weighted by Crippen LogP contribution is -2.04. The van der Waals surface area contributed by atoms with Crippen LogP contribution in [0.4, 0.5) is 5.82 Å². The summed E-state index contributed by atoms with van der Waals surface area (Å²) >= 11 is 0. The van der Waals surface area contributed by atoms with E-state index in [1.165, 1.54) is 16.7 Å². The van der Waals surface area contributed by atoms with Crippen molar-refractivity contribution in [3.63, 3.8) is 0 Å². The largest absolute Gasteiger partial charge is 0.382 e. The SMILES string of the molecule is Cc1ccc(C)c(-n2nnc(-c3ccc(C)c(C)c3)c2N)c1. The van der Waals surface area contributed by atoms with E-state index >= 15 is 0 Å². The molecule has 1 aromatic heterocycles. The van der Waals surface area contributed by atoms with Crippen LogP contribution in [0.2, 0.25) is 0 Å². The number of hydrogen-bond acceptors (Lipinski definition) is 3. The van der Waals surface area contributed by atoms with Gasteiger partial charge in [-0.15, -0.1) is 5.10 Å². The molecule has 0 atom stereocenters. The van der Waals surface area contributed by atoms with Gasteiger partial charge in [0.15, 0.2) is 5.82 Å². The minimum Gasteiger partial charge on any atom is -0.382 e. The summed E-state index contributed by atoms with van der Waals surface area (Å²) in [7, 11) is 0. The third-order valence-electron chi connectivity index (χ3n) is 4.08. The quantitative estimate of drug-likeness (QED) is 0.782. The summed E-state index contributed by atoms with van der Waals surface area (Å²) in [6, 6.07) is 12.4. The van der Waals surface area contributed by atoms with Gasteiger partial charge in [-0.2, -0.15) is 4.68 Å². The molecule has 0 unspecified atom stereocenters. The van der Waals surface area contributed by atoms with Crippen molar-refractivity contribution in [2.45, 2.75) is 27.7 Å². The summed E-state index contributed by atoms with van der Waals surface area (Å²) in [5.41, 5.74) is 13.8. The highest BCUT2D eigenvalue weighted by Gasteiger charge is 2.15. The molecule has 0 spiro atoms. The molecule has 0 amide bonds. The van der Waals surface area contributed by atoms with Gasteiger partial charge in [-0.25, -0.2) is 0 Å². The van der Waals surface area contributed by atoms with E-state index in [0.29, 0.717) is 5.82 Å². The van der Waals surface area contributed by atoms with Gasteiger partial charge in [0.1, 0.15) is 5.69 Å². The Hall–Kier alpha value is -2.62. The van der Waals surface area contributed by atoms with E-state index in [4.69, 9.17) is 5.73 Å². The smallest absolute Gasteiger partial charge is 0.155 e. The molecule has 4 heteroatoms. The van der Waals surface area contributed by atoms with Gasteiger partial charge >= 0.3 is 0 Å². The van der Waals surface area contributed by atoms with Crippen LogP contribution in [-0.4, -0.2) is 15.0 Å². The van der Waals surface area contributed by atoms with Crippen LogP contribution in [0.25, 0.3) is 16.9 Å². The second kappa shape index (κ2) is 5.30. The van der Waals surface area contributed by atoms with Crippen LogP contribution in [-0.2, 0) is 0 Å². The molecule has 0 saturated carbocycles. The second-order valence-corrected chi connectivity index (χ2v) is 5.82. The molecule has 112 valence electrons. The molecule has 1 heterocycles. The molecule has 3 aromatic rings. The van der Waals surface area contributed by atoms with Gasteiger partial charge in [0.2, 0.25) is 0 Å². The lowest BCUT2D eigenvalue weighted by Gasteiger charge is -2.08.